The molecule has 1 aliphatic carbocycles. The summed E-state index contributed by atoms with van der Waals surface area (Å²) in [7, 11) is -13.5. The Bertz CT molecular complexity index is 2930. The van der Waals surface area contributed by atoms with Crippen molar-refractivity contribution in [2.24, 2.45) is 0 Å². The quantitative estimate of drug-likeness (QED) is 0.0726. The van der Waals surface area contributed by atoms with Gasteiger partial charge in [-0.3, -0.25) is 0 Å². The van der Waals surface area contributed by atoms with Gasteiger partial charge in [0.1, 0.15) is 16.7 Å². The van der Waals surface area contributed by atoms with E-state index in [9.17, 15) is 38.9 Å². The molecular formula is C44H44ClN2Na3O9S3. The van der Waals surface area contributed by atoms with Crippen LogP contribution < -0.4 is 93.6 Å². The molecule has 0 saturated carbocycles. The maximum absolute atomic E-state index is 11.8. The smallest absolute Gasteiger partial charge is 0.748 e. The van der Waals surface area contributed by atoms with Crippen LogP contribution >= 0.6 is 11.6 Å². The van der Waals surface area contributed by atoms with Crippen molar-refractivity contribution in [1.82, 2.24) is 0 Å². The number of rotatable bonds is 12. The molecule has 0 fully saturated rings. The zero-order valence-electron chi connectivity index (χ0n) is 36.1. The normalized spacial score (nSPS) is 18.6. The van der Waals surface area contributed by atoms with Gasteiger partial charge in [-0.2, -0.15) is 28.8 Å². The minimum Gasteiger partial charge on any atom is -0.748 e. The Balaban J connectivity index is 0.00000282. The average molecular weight is 945 g/mol. The summed E-state index contributed by atoms with van der Waals surface area (Å²) in [5, 5.41) is 4.01. The summed E-state index contributed by atoms with van der Waals surface area (Å²) in [6.07, 6.45) is 10.5. The van der Waals surface area contributed by atoms with Crippen molar-refractivity contribution in [3.63, 3.8) is 0 Å². The van der Waals surface area contributed by atoms with Crippen molar-refractivity contribution in [1.29, 1.82) is 0 Å². The zero-order valence-corrected chi connectivity index (χ0v) is 45.3. The summed E-state index contributed by atoms with van der Waals surface area (Å²) in [5.41, 5.74) is 6.13. The van der Waals surface area contributed by atoms with Gasteiger partial charge >= 0.3 is 88.7 Å². The van der Waals surface area contributed by atoms with Gasteiger partial charge in [0.05, 0.1) is 30.5 Å². The van der Waals surface area contributed by atoms with E-state index in [2.05, 4.69) is 24.5 Å². The molecule has 2 aliphatic heterocycles. The molecule has 0 spiro atoms. The van der Waals surface area contributed by atoms with E-state index in [4.69, 9.17) is 11.6 Å². The van der Waals surface area contributed by atoms with Crippen LogP contribution in [0.3, 0.4) is 0 Å². The van der Waals surface area contributed by atoms with Gasteiger partial charge in [-0.1, -0.05) is 49.7 Å². The van der Waals surface area contributed by atoms with Crippen LogP contribution in [0.15, 0.2) is 112 Å². The first kappa shape index (κ1) is 53.5. The third-order valence-electron chi connectivity index (χ3n) is 11.7. The number of hydrogen-bond acceptors (Lipinski definition) is 10. The Labute approximate surface area is 436 Å². The minimum atomic E-state index is -4.69. The SMILES string of the molecule is CC1(C)C(/C=C/C2=C(Cl)C(=C/C=C3/N(CCCS(=O)(=O)[O-])c4ccc5cc(S(=O)(=O)[O-])ccc5c4C3(C)C)/CCC2)=[N+](CCCS(=O)(=O)[O-])c2ccc3c[c-]ccc3c21.[Na+].[Na+].[Na+]. The van der Waals surface area contributed by atoms with E-state index in [1.165, 1.54) is 12.1 Å². The van der Waals surface area contributed by atoms with Gasteiger partial charge in [-0.05, 0) is 97.4 Å². The van der Waals surface area contributed by atoms with Crippen LogP contribution in [0.25, 0.3) is 21.5 Å². The molecule has 62 heavy (non-hydrogen) atoms. The maximum atomic E-state index is 11.8. The summed E-state index contributed by atoms with van der Waals surface area (Å²) in [6.45, 7) is 8.86. The van der Waals surface area contributed by atoms with Crippen LogP contribution in [0.4, 0.5) is 11.4 Å². The molecule has 4 aromatic rings. The number of allylic oxidation sites excluding steroid dienone is 8. The Kier molecular flexibility index (Phi) is 17.6. The molecule has 0 bridgehead atoms. The van der Waals surface area contributed by atoms with E-state index in [0.717, 1.165) is 74.1 Å². The molecule has 0 amide bonds. The molecule has 4 aromatic carbocycles. The van der Waals surface area contributed by atoms with Crippen LogP contribution in [0, 0.1) is 6.07 Å². The van der Waals surface area contributed by atoms with E-state index >= 15 is 0 Å². The summed E-state index contributed by atoms with van der Waals surface area (Å²) < 4.78 is 107. The molecule has 0 N–H and O–H groups in total. The fourth-order valence-electron chi connectivity index (χ4n) is 9.05. The number of anilines is 1. The molecule has 7 rings (SSSR count). The van der Waals surface area contributed by atoms with E-state index in [1.54, 1.807) is 12.1 Å². The molecule has 3 aliphatic rings. The topological polar surface area (TPSA) is 178 Å². The fourth-order valence-corrected chi connectivity index (χ4v) is 10.8. The zero-order chi connectivity index (χ0) is 42.7. The van der Waals surface area contributed by atoms with Crippen molar-refractivity contribution in [2.75, 3.05) is 29.5 Å². The van der Waals surface area contributed by atoms with Gasteiger partial charge in [0.15, 0.2) is 5.71 Å². The second kappa shape index (κ2) is 20.4. The molecule has 312 valence electrons. The summed E-state index contributed by atoms with van der Waals surface area (Å²) in [6, 6.07) is 20.9. The van der Waals surface area contributed by atoms with Gasteiger partial charge < -0.3 is 18.6 Å². The summed E-state index contributed by atoms with van der Waals surface area (Å²) in [4.78, 5) is 1.65. The molecule has 18 heteroatoms. The van der Waals surface area contributed by atoms with Gasteiger partial charge in [0, 0.05) is 57.9 Å². The predicted molar refractivity (Wildman–Crippen MR) is 228 cm³/mol. The predicted octanol–water partition coefficient (Wildman–Crippen LogP) is -1.20. The van der Waals surface area contributed by atoms with Crippen molar-refractivity contribution in [3.8, 4) is 0 Å². The number of halogens is 1. The Morgan fingerprint density at radius 1 is 0.774 bits per heavy atom. The van der Waals surface area contributed by atoms with E-state index in [0.29, 0.717) is 23.4 Å². The first-order chi connectivity index (χ1) is 27.6. The Morgan fingerprint density at radius 2 is 1.44 bits per heavy atom. The Morgan fingerprint density at radius 3 is 2.11 bits per heavy atom. The summed E-state index contributed by atoms with van der Waals surface area (Å²) >= 11 is 7.20. The van der Waals surface area contributed by atoms with E-state index in [-0.39, 0.29) is 113 Å². The van der Waals surface area contributed by atoms with Crippen molar-refractivity contribution in [3.05, 3.63) is 124 Å². The van der Waals surface area contributed by atoms with Crippen LogP contribution in [-0.2, 0) is 41.2 Å². The van der Waals surface area contributed by atoms with E-state index in [1.807, 2.05) is 79.4 Å². The number of hydrogen-bond donors (Lipinski definition) is 0. The van der Waals surface area contributed by atoms with E-state index < -0.39 is 52.7 Å². The first-order valence-corrected chi connectivity index (χ1v) is 24.3. The van der Waals surface area contributed by atoms with Crippen molar-refractivity contribution < 1.29 is 132 Å². The molecular weight excluding hydrogens is 901 g/mol. The molecule has 0 unspecified atom stereocenters. The molecule has 11 nitrogen and oxygen atoms in total. The van der Waals surface area contributed by atoms with Crippen LogP contribution in [0.2, 0.25) is 0 Å². The molecule has 0 aromatic heterocycles. The van der Waals surface area contributed by atoms with Crippen LogP contribution in [-0.4, -0.2) is 73.8 Å². The van der Waals surface area contributed by atoms with Crippen molar-refractivity contribution >= 4 is 80.6 Å². The molecule has 0 atom stereocenters. The van der Waals surface area contributed by atoms with Gasteiger partial charge in [-0.25, -0.2) is 25.3 Å². The third-order valence-corrected chi connectivity index (χ3v) is 14.6. The summed E-state index contributed by atoms with van der Waals surface area (Å²) in [5.74, 6) is -1.01. The molecule has 0 saturated heterocycles. The second-order valence-electron chi connectivity index (χ2n) is 16.3. The Hall–Kier alpha value is -1.15. The monoisotopic (exact) mass is 944 g/mol. The number of nitrogens with zero attached hydrogens (tertiary/aromatic N) is 2. The van der Waals surface area contributed by atoms with Gasteiger partial charge in [0.2, 0.25) is 5.69 Å². The number of benzene rings is 4. The minimum absolute atomic E-state index is 0. The second-order valence-corrected chi connectivity index (χ2v) is 21.1. The first-order valence-electron chi connectivity index (χ1n) is 19.3. The van der Waals surface area contributed by atoms with Gasteiger partial charge in [-0.15, -0.1) is 16.8 Å². The van der Waals surface area contributed by atoms with Crippen molar-refractivity contribution in [2.45, 2.75) is 75.5 Å². The number of fused-ring (bicyclic) bond motifs is 6. The standard InChI is InChI=1S/C44H47ClN2O9S3.3Na/c1-43(2)38(46(24-8-26-57(48,49)50)36-20-14-29-10-5-6-13-34(29)40(36)43)22-16-30-11-7-12-31(42(30)45)17-23-39-44(3,4)41-35-19-18-33(59(54,55)56)28-32(35)15-21-37(41)47(39)25-9-27-58(51,52)53;;;/h6,10,13-23,28H,7-9,11-12,24-27H2,1-4H3,(H,48,49,50)(H,51,52,53)(H,54,55,56);;;/q;3*+1/p-3. The average Bonchev–Trinajstić information content (AvgIpc) is 3.50. The molecule has 0 radical (unpaired) electrons. The van der Waals surface area contributed by atoms with Crippen LogP contribution in [0.1, 0.15) is 70.9 Å². The maximum Gasteiger partial charge on any atom is 1.00 e. The van der Waals surface area contributed by atoms with Gasteiger partial charge in [0.25, 0.3) is 0 Å². The fraction of sp³-hybridized carbons (Fsp3) is 0.341. The third kappa shape index (κ3) is 11.2. The largest absolute Gasteiger partial charge is 1.00 e. The van der Waals surface area contributed by atoms with Crippen LogP contribution in [0.5, 0.6) is 0 Å². The molecule has 2 heterocycles.